The number of amides is 2. The molecule has 25 heavy (non-hydrogen) atoms. The molecule has 2 aromatic rings. The fourth-order valence-electron chi connectivity index (χ4n) is 3.24. The zero-order valence-corrected chi connectivity index (χ0v) is 14.2. The van der Waals surface area contributed by atoms with Gasteiger partial charge in [0.25, 0.3) is 5.91 Å². The summed E-state index contributed by atoms with van der Waals surface area (Å²) >= 11 is 0. The topological polar surface area (TPSA) is 87.2 Å². The Kier molecular flexibility index (Phi) is 3.99. The summed E-state index contributed by atoms with van der Waals surface area (Å²) in [5.74, 6) is 1.24. The van der Waals surface area contributed by atoms with Crippen LogP contribution in [0.25, 0.3) is 10.8 Å². The van der Waals surface area contributed by atoms with Gasteiger partial charge in [0.05, 0.1) is 5.56 Å². The van der Waals surface area contributed by atoms with Crippen molar-refractivity contribution in [1.29, 1.82) is 0 Å². The van der Waals surface area contributed by atoms with E-state index in [4.69, 9.17) is 0 Å². The molecule has 4 rings (SSSR count). The maximum Gasteiger partial charge on any atom is 0.256 e. The smallest absolute Gasteiger partial charge is 0.256 e. The van der Waals surface area contributed by atoms with E-state index in [1.807, 2.05) is 4.90 Å². The summed E-state index contributed by atoms with van der Waals surface area (Å²) in [6, 6.07) is 1.78. The van der Waals surface area contributed by atoms with Crippen molar-refractivity contribution in [3.05, 3.63) is 24.0 Å². The highest BCUT2D eigenvalue weighted by molar-refractivity contribution is 6.10. The molecule has 0 bridgehead atoms. The number of hydrogen-bond acceptors (Lipinski definition) is 5. The molecular formula is C18H21N5O2. The zero-order valence-electron chi connectivity index (χ0n) is 14.2. The molecule has 3 heterocycles. The van der Waals surface area contributed by atoms with Crippen LogP contribution in [-0.2, 0) is 4.79 Å². The van der Waals surface area contributed by atoms with Crippen LogP contribution in [-0.4, -0.2) is 46.8 Å². The third kappa shape index (κ3) is 3.01. The van der Waals surface area contributed by atoms with Crippen molar-refractivity contribution < 1.29 is 9.59 Å². The molecule has 1 saturated carbocycles. The highest BCUT2D eigenvalue weighted by Crippen LogP contribution is 2.31. The van der Waals surface area contributed by atoms with Crippen molar-refractivity contribution in [2.45, 2.75) is 25.7 Å². The fraction of sp³-hybridized carbons (Fsp3) is 0.444. The second-order valence-corrected chi connectivity index (χ2v) is 6.65. The molecule has 1 aliphatic carbocycles. The van der Waals surface area contributed by atoms with Crippen LogP contribution in [0.3, 0.4) is 0 Å². The maximum atomic E-state index is 12.9. The number of carbonyl (C=O) groups excluding carboxylic acids is 2. The van der Waals surface area contributed by atoms with Gasteiger partial charge in [0.2, 0.25) is 5.91 Å². The summed E-state index contributed by atoms with van der Waals surface area (Å²) in [6.07, 6.45) is 7.22. The number of nitrogens with one attached hydrogen (secondary N) is 2. The van der Waals surface area contributed by atoms with Crippen LogP contribution in [0.2, 0.25) is 0 Å². The number of pyridine rings is 2. The lowest BCUT2D eigenvalue weighted by Gasteiger charge is -2.17. The molecule has 2 aromatic heterocycles. The first-order valence-electron chi connectivity index (χ1n) is 8.74. The Bertz CT molecular complexity index is 841. The Labute approximate surface area is 145 Å². The summed E-state index contributed by atoms with van der Waals surface area (Å²) in [7, 11) is 1.78. The number of likely N-dealkylation sites (tertiary alicyclic amines) is 1. The van der Waals surface area contributed by atoms with Gasteiger partial charge in [0.15, 0.2) is 0 Å². The van der Waals surface area contributed by atoms with E-state index in [0.717, 1.165) is 49.5 Å². The highest BCUT2D eigenvalue weighted by atomic mass is 16.2. The van der Waals surface area contributed by atoms with E-state index in [1.54, 1.807) is 25.5 Å². The Morgan fingerprint density at radius 1 is 1.12 bits per heavy atom. The number of aromatic nitrogens is 2. The minimum Gasteiger partial charge on any atom is -0.373 e. The van der Waals surface area contributed by atoms with Crippen LogP contribution < -0.4 is 10.6 Å². The summed E-state index contributed by atoms with van der Waals surface area (Å²) in [6.45, 7) is 1.56. The van der Waals surface area contributed by atoms with Gasteiger partial charge >= 0.3 is 0 Å². The molecule has 7 nitrogen and oxygen atoms in total. The third-order valence-corrected chi connectivity index (χ3v) is 4.83. The Morgan fingerprint density at radius 3 is 2.56 bits per heavy atom. The van der Waals surface area contributed by atoms with Gasteiger partial charge in [-0.25, -0.2) is 9.97 Å². The number of hydrogen-bond donors (Lipinski definition) is 2. The van der Waals surface area contributed by atoms with Gasteiger partial charge in [-0.05, 0) is 31.7 Å². The van der Waals surface area contributed by atoms with Crippen molar-refractivity contribution in [2.24, 2.45) is 5.92 Å². The van der Waals surface area contributed by atoms with Crippen molar-refractivity contribution in [3.8, 4) is 0 Å². The van der Waals surface area contributed by atoms with Crippen molar-refractivity contribution >= 4 is 34.2 Å². The third-order valence-electron chi connectivity index (χ3n) is 4.83. The normalized spacial score (nSPS) is 16.9. The first-order valence-corrected chi connectivity index (χ1v) is 8.74. The van der Waals surface area contributed by atoms with Crippen LogP contribution in [0.4, 0.5) is 11.6 Å². The number of anilines is 2. The molecule has 2 N–H and O–H groups in total. The van der Waals surface area contributed by atoms with E-state index in [2.05, 4.69) is 20.6 Å². The molecule has 130 valence electrons. The molecule has 0 atom stereocenters. The second kappa shape index (κ2) is 6.31. The van der Waals surface area contributed by atoms with Crippen LogP contribution in [0.5, 0.6) is 0 Å². The number of rotatable bonds is 4. The van der Waals surface area contributed by atoms with E-state index in [0.29, 0.717) is 17.2 Å². The van der Waals surface area contributed by atoms with Crippen LogP contribution in [0.15, 0.2) is 18.5 Å². The molecule has 0 unspecified atom stereocenters. The van der Waals surface area contributed by atoms with E-state index in [9.17, 15) is 9.59 Å². The van der Waals surface area contributed by atoms with Gasteiger partial charge in [-0.2, -0.15) is 0 Å². The number of fused-ring (bicyclic) bond motifs is 1. The van der Waals surface area contributed by atoms with Crippen molar-refractivity contribution in [2.75, 3.05) is 30.8 Å². The molecule has 1 aliphatic heterocycles. The molecule has 1 saturated heterocycles. The molecule has 2 fully saturated rings. The van der Waals surface area contributed by atoms with Gasteiger partial charge in [0, 0.05) is 49.2 Å². The first-order chi connectivity index (χ1) is 12.2. The van der Waals surface area contributed by atoms with Crippen molar-refractivity contribution in [3.63, 3.8) is 0 Å². The molecule has 2 amide bonds. The quantitative estimate of drug-likeness (QED) is 0.892. The van der Waals surface area contributed by atoms with Crippen LogP contribution in [0, 0.1) is 5.92 Å². The summed E-state index contributed by atoms with van der Waals surface area (Å²) in [4.78, 5) is 35.4. The van der Waals surface area contributed by atoms with Gasteiger partial charge in [-0.15, -0.1) is 0 Å². The predicted molar refractivity (Wildman–Crippen MR) is 95.6 cm³/mol. The van der Waals surface area contributed by atoms with E-state index in [-0.39, 0.29) is 17.7 Å². The SMILES string of the molecule is CNc1ncc(C(=O)N2CCCC2)c2cc(NC(=O)C3CC3)ncc12. The molecule has 0 spiro atoms. The zero-order chi connectivity index (χ0) is 17.4. The lowest BCUT2D eigenvalue weighted by atomic mass is 10.1. The molecule has 0 radical (unpaired) electrons. The largest absolute Gasteiger partial charge is 0.373 e. The standard InChI is InChI=1S/C18H21N5O2/c1-19-16-13-9-20-15(22-17(24)11-4-5-11)8-12(13)14(10-21-16)18(25)23-6-2-3-7-23/h8-11H,2-7H2,1H3,(H,19,21)(H,20,22,24). The van der Waals surface area contributed by atoms with Crippen LogP contribution in [0.1, 0.15) is 36.0 Å². The second-order valence-electron chi connectivity index (χ2n) is 6.65. The van der Waals surface area contributed by atoms with E-state index < -0.39 is 0 Å². The van der Waals surface area contributed by atoms with Crippen LogP contribution >= 0.6 is 0 Å². The van der Waals surface area contributed by atoms with E-state index in [1.165, 1.54) is 0 Å². The van der Waals surface area contributed by atoms with Gasteiger partial charge < -0.3 is 15.5 Å². The molecule has 7 heteroatoms. The van der Waals surface area contributed by atoms with Gasteiger partial charge in [-0.1, -0.05) is 0 Å². The van der Waals surface area contributed by atoms with Gasteiger partial charge in [-0.3, -0.25) is 9.59 Å². The molecular weight excluding hydrogens is 318 g/mol. The average molecular weight is 339 g/mol. The Morgan fingerprint density at radius 2 is 1.88 bits per heavy atom. The summed E-state index contributed by atoms with van der Waals surface area (Å²) in [5.41, 5.74) is 0.556. The summed E-state index contributed by atoms with van der Waals surface area (Å²) in [5, 5.41) is 7.42. The average Bonchev–Trinajstić information content (AvgIpc) is 3.35. The minimum atomic E-state index is -0.0108. The Hall–Kier alpha value is -2.70. The van der Waals surface area contributed by atoms with E-state index >= 15 is 0 Å². The highest BCUT2D eigenvalue weighted by Gasteiger charge is 2.30. The lowest BCUT2D eigenvalue weighted by molar-refractivity contribution is -0.117. The minimum absolute atomic E-state index is 0.00201. The monoisotopic (exact) mass is 339 g/mol. The molecule has 2 aliphatic rings. The number of nitrogens with zero attached hydrogens (tertiary/aromatic N) is 3. The number of carbonyl (C=O) groups is 2. The lowest BCUT2D eigenvalue weighted by Crippen LogP contribution is -2.28. The van der Waals surface area contributed by atoms with Crippen molar-refractivity contribution in [1.82, 2.24) is 14.9 Å². The van der Waals surface area contributed by atoms with Gasteiger partial charge in [0.1, 0.15) is 11.6 Å². The Balaban J connectivity index is 1.75. The predicted octanol–water partition coefficient (Wildman–Crippen LogP) is 2.26. The first kappa shape index (κ1) is 15.8. The molecule has 0 aromatic carbocycles. The summed E-state index contributed by atoms with van der Waals surface area (Å²) < 4.78 is 0. The maximum absolute atomic E-state index is 12.9. The fourth-order valence-corrected chi connectivity index (χ4v) is 3.24.